The summed E-state index contributed by atoms with van der Waals surface area (Å²) in [6, 6.07) is 8.86. The van der Waals surface area contributed by atoms with Crippen molar-refractivity contribution in [1.82, 2.24) is 10.2 Å². The van der Waals surface area contributed by atoms with Gasteiger partial charge in [0, 0.05) is 32.0 Å². The van der Waals surface area contributed by atoms with Gasteiger partial charge in [-0.25, -0.2) is 0 Å². The number of rotatable bonds is 8. The SMILES string of the molecule is COCCOc1cc(NC(=O)[C@@H]2CCCN(c3ccc(Cl)nn3)C2)ccc1OC. The number of anilines is 2. The summed E-state index contributed by atoms with van der Waals surface area (Å²) in [5.74, 6) is 1.70. The van der Waals surface area contributed by atoms with E-state index in [0.717, 1.165) is 25.2 Å². The summed E-state index contributed by atoms with van der Waals surface area (Å²) in [6.45, 7) is 2.27. The Balaban J connectivity index is 1.64. The van der Waals surface area contributed by atoms with E-state index in [-0.39, 0.29) is 11.8 Å². The number of halogens is 1. The molecule has 0 radical (unpaired) electrons. The molecule has 0 spiro atoms. The molecule has 9 heteroatoms. The predicted octanol–water partition coefficient (Wildman–Crippen LogP) is 3.02. The van der Waals surface area contributed by atoms with Crippen molar-refractivity contribution in [2.45, 2.75) is 12.8 Å². The molecular weight excluding hydrogens is 396 g/mol. The lowest BCUT2D eigenvalue weighted by molar-refractivity contribution is -0.120. The predicted molar refractivity (Wildman–Crippen MR) is 111 cm³/mol. The third-order valence-electron chi connectivity index (χ3n) is 4.71. The number of methoxy groups -OCH3 is 2. The zero-order valence-corrected chi connectivity index (χ0v) is 17.3. The highest BCUT2D eigenvalue weighted by Gasteiger charge is 2.27. The number of carbonyl (C=O) groups is 1. The Kier molecular flexibility index (Phi) is 7.48. The zero-order chi connectivity index (χ0) is 20.6. The average molecular weight is 421 g/mol. The summed E-state index contributed by atoms with van der Waals surface area (Å²) in [5, 5.41) is 11.3. The van der Waals surface area contributed by atoms with Gasteiger partial charge in [-0.05, 0) is 37.1 Å². The van der Waals surface area contributed by atoms with Gasteiger partial charge in [0.05, 0.1) is 19.6 Å². The number of amides is 1. The molecule has 0 unspecified atom stereocenters. The highest BCUT2D eigenvalue weighted by molar-refractivity contribution is 6.29. The third kappa shape index (κ3) is 5.71. The van der Waals surface area contributed by atoms with Crippen LogP contribution in [0.1, 0.15) is 12.8 Å². The minimum Gasteiger partial charge on any atom is -0.493 e. The molecular formula is C20H25ClN4O4. The molecule has 8 nitrogen and oxygen atoms in total. The Labute approximate surface area is 175 Å². The minimum absolute atomic E-state index is 0.0374. The van der Waals surface area contributed by atoms with Gasteiger partial charge >= 0.3 is 0 Å². The van der Waals surface area contributed by atoms with Crippen molar-refractivity contribution in [2.75, 3.05) is 50.7 Å². The lowest BCUT2D eigenvalue weighted by atomic mass is 9.97. The number of piperidine rings is 1. The van der Waals surface area contributed by atoms with Crippen LogP contribution in [-0.4, -0.2) is 56.6 Å². The fourth-order valence-electron chi connectivity index (χ4n) is 3.22. The van der Waals surface area contributed by atoms with E-state index in [9.17, 15) is 4.79 Å². The van der Waals surface area contributed by atoms with Gasteiger partial charge in [0.25, 0.3) is 0 Å². The molecule has 1 fully saturated rings. The quantitative estimate of drug-likeness (QED) is 0.657. The van der Waals surface area contributed by atoms with Gasteiger partial charge in [-0.15, -0.1) is 10.2 Å². The summed E-state index contributed by atoms with van der Waals surface area (Å²) in [7, 11) is 3.19. The maximum absolute atomic E-state index is 12.8. The van der Waals surface area contributed by atoms with Crippen LogP contribution < -0.4 is 19.7 Å². The maximum atomic E-state index is 12.8. The molecule has 3 rings (SSSR count). The molecule has 2 aromatic rings. The number of hydrogen-bond donors (Lipinski definition) is 1. The van der Waals surface area contributed by atoms with E-state index in [2.05, 4.69) is 20.4 Å². The van der Waals surface area contributed by atoms with Crippen LogP contribution >= 0.6 is 11.6 Å². The molecule has 1 aliphatic rings. The van der Waals surface area contributed by atoms with Crippen molar-refractivity contribution in [3.05, 3.63) is 35.5 Å². The highest BCUT2D eigenvalue weighted by atomic mass is 35.5. The Morgan fingerprint density at radius 3 is 2.79 bits per heavy atom. The molecule has 1 aromatic carbocycles. The Morgan fingerprint density at radius 2 is 2.07 bits per heavy atom. The van der Waals surface area contributed by atoms with E-state index in [1.807, 2.05) is 6.07 Å². The molecule has 1 amide bonds. The topological polar surface area (TPSA) is 85.8 Å². The van der Waals surface area contributed by atoms with Crippen molar-refractivity contribution >= 4 is 29.0 Å². The molecule has 0 aliphatic carbocycles. The summed E-state index contributed by atoms with van der Waals surface area (Å²) in [5.41, 5.74) is 0.659. The van der Waals surface area contributed by atoms with E-state index in [1.54, 1.807) is 38.5 Å². The van der Waals surface area contributed by atoms with Crippen LogP contribution in [0.15, 0.2) is 30.3 Å². The third-order valence-corrected chi connectivity index (χ3v) is 4.91. The van der Waals surface area contributed by atoms with Gasteiger partial charge in [-0.1, -0.05) is 11.6 Å². The summed E-state index contributed by atoms with van der Waals surface area (Å²) in [6.07, 6.45) is 1.72. The molecule has 29 heavy (non-hydrogen) atoms. The van der Waals surface area contributed by atoms with Crippen LogP contribution in [0.25, 0.3) is 0 Å². The van der Waals surface area contributed by atoms with Gasteiger partial charge in [0.15, 0.2) is 22.5 Å². The van der Waals surface area contributed by atoms with Crippen LogP contribution in [0.4, 0.5) is 11.5 Å². The van der Waals surface area contributed by atoms with Gasteiger partial charge in [0.2, 0.25) is 5.91 Å². The number of ether oxygens (including phenoxy) is 3. The first-order valence-corrected chi connectivity index (χ1v) is 9.83. The van der Waals surface area contributed by atoms with Crippen LogP contribution in [0.5, 0.6) is 11.5 Å². The second kappa shape index (κ2) is 10.3. The first kappa shape index (κ1) is 21.1. The van der Waals surface area contributed by atoms with Gasteiger partial charge in [-0.3, -0.25) is 4.79 Å². The number of nitrogens with one attached hydrogen (secondary N) is 1. The molecule has 0 saturated carbocycles. The first-order chi connectivity index (χ1) is 14.1. The van der Waals surface area contributed by atoms with Crippen molar-refractivity contribution in [2.24, 2.45) is 5.92 Å². The molecule has 2 heterocycles. The number of carbonyl (C=O) groups excluding carboxylic acids is 1. The van der Waals surface area contributed by atoms with E-state index in [4.69, 9.17) is 25.8 Å². The van der Waals surface area contributed by atoms with E-state index in [0.29, 0.717) is 42.1 Å². The minimum atomic E-state index is -0.152. The van der Waals surface area contributed by atoms with Crippen molar-refractivity contribution < 1.29 is 19.0 Å². The molecule has 156 valence electrons. The Bertz CT molecular complexity index is 819. The molecule has 1 saturated heterocycles. The normalized spacial score (nSPS) is 16.4. The number of benzene rings is 1. The monoisotopic (exact) mass is 420 g/mol. The lowest BCUT2D eigenvalue weighted by Gasteiger charge is -2.32. The number of nitrogens with zero attached hydrogens (tertiary/aromatic N) is 3. The lowest BCUT2D eigenvalue weighted by Crippen LogP contribution is -2.41. The Hall–Kier alpha value is -2.58. The fraction of sp³-hybridized carbons (Fsp3) is 0.450. The molecule has 1 aromatic heterocycles. The smallest absolute Gasteiger partial charge is 0.229 e. The largest absolute Gasteiger partial charge is 0.493 e. The summed E-state index contributed by atoms with van der Waals surface area (Å²) < 4.78 is 16.0. The number of hydrogen-bond acceptors (Lipinski definition) is 7. The van der Waals surface area contributed by atoms with Gasteiger partial charge < -0.3 is 24.4 Å². The van der Waals surface area contributed by atoms with Crippen LogP contribution in [-0.2, 0) is 9.53 Å². The molecule has 0 bridgehead atoms. The second-order valence-corrected chi connectivity index (χ2v) is 7.08. The second-order valence-electron chi connectivity index (χ2n) is 6.70. The summed E-state index contributed by atoms with van der Waals surface area (Å²) >= 11 is 5.81. The number of aromatic nitrogens is 2. The first-order valence-electron chi connectivity index (χ1n) is 9.45. The van der Waals surface area contributed by atoms with Crippen LogP contribution in [0.2, 0.25) is 5.15 Å². The fourth-order valence-corrected chi connectivity index (χ4v) is 3.32. The molecule has 1 atom stereocenters. The van der Waals surface area contributed by atoms with Crippen molar-refractivity contribution in [3.8, 4) is 11.5 Å². The van der Waals surface area contributed by atoms with Crippen molar-refractivity contribution in [1.29, 1.82) is 0 Å². The standard InChI is InChI=1S/C20H25ClN4O4/c1-27-10-11-29-17-12-15(5-6-16(17)28-2)22-20(26)14-4-3-9-25(13-14)19-8-7-18(21)23-24-19/h5-8,12,14H,3-4,9-11,13H2,1-2H3,(H,22,26)/t14-/m1/s1. The van der Waals surface area contributed by atoms with Crippen LogP contribution in [0, 0.1) is 5.92 Å². The Morgan fingerprint density at radius 1 is 1.21 bits per heavy atom. The van der Waals surface area contributed by atoms with E-state index in [1.165, 1.54) is 0 Å². The molecule has 1 N–H and O–H groups in total. The maximum Gasteiger partial charge on any atom is 0.229 e. The van der Waals surface area contributed by atoms with E-state index < -0.39 is 0 Å². The average Bonchev–Trinajstić information content (AvgIpc) is 2.75. The molecule has 1 aliphatic heterocycles. The van der Waals surface area contributed by atoms with Crippen molar-refractivity contribution in [3.63, 3.8) is 0 Å². The van der Waals surface area contributed by atoms with Gasteiger partial charge in [-0.2, -0.15) is 0 Å². The highest BCUT2D eigenvalue weighted by Crippen LogP contribution is 2.31. The van der Waals surface area contributed by atoms with E-state index >= 15 is 0 Å². The van der Waals surface area contributed by atoms with Crippen LogP contribution in [0.3, 0.4) is 0 Å². The zero-order valence-electron chi connectivity index (χ0n) is 16.6. The summed E-state index contributed by atoms with van der Waals surface area (Å²) in [4.78, 5) is 14.9. The van der Waals surface area contributed by atoms with Gasteiger partial charge in [0.1, 0.15) is 6.61 Å².